The summed E-state index contributed by atoms with van der Waals surface area (Å²) in [5.74, 6) is -1.12. The van der Waals surface area contributed by atoms with Gasteiger partial charge in [0.2, 0.25) is 0 Å². The van der Waals surface area contributed by atoms with Crippen LogP contribution in [0.3, 0.4) is 0 Å². The molecule has 4 nitrogen and oxygen atoms in total. The van der Waals surface area contributed by atoms with E-state index in [2.05, 4.69) is 13.8 Å². The molecule has 0 bridgehead atoms. The SMILES string of the molecule is CC(C)Cn1nc(-c2ccccc2)c(-c2ccccc2)c1C(C)C(=O)O. The van der Waals surface area contributed by atoms with Gasteiger partial charge in [0.25, 0.3) is 0 Å². The van der Waals surface area contributed by atoms with Gasteiger partial charge in [-0.25, -0.2) is 0 Å². The van der Waals surface area contributed by atoms with Gasteiger partial charge in [0.05, 0.1) is 11.6 Å². The van der Waals surface area contributed by atoms with Crippen molar-refractivity contribution in [1.29, 1.82) is 0 Å². The molecular weight excluding hydrogens is 324 g/mol. The van der Waals surface area contributed by atoms with Crippen molar-refractivity contribution in [3.05, 3.63) is 66.4 Å². The summed E-state index contributed by atoms with van der Waals surface area (Å²) in [6.07, 6.45) is 0. The molecule has 1 atom stereocenters. The number of nitrogens with zero attached hydrogens (tertiary/aromatic N) is 2. The Morgan fingerprint density at radius 2 is 1.50 bits per heavy atom. The van der Waals surface area contributed by atoms with Gasteiger partial charge in [-0.15, -0.1) is 0 Å². The minimum atomic E-state index is -0.841. The largest absolute Gasteiger partial charge is 0.481 e. The van der Waals surface area contributed by atoms with E-state index < -0.39 is 11.9 Å². The summed E-state index contributed by atoms with van der Waals surface area (Å²) in [6, 6.07) is 19.9. The molecule has 2 aromatic carbocycles. The highest BCUT2D eigenvalue weighted by molar-refractivity contribution is 5.87. The van der Waals surface area contributed by atoms with Crippen LogP contribution < -0.4 is 0 Å². The molecule has 0 radical (unpaired) electrons. The maximum atomic E-state index is 11.8. The minimum absolute atomic E-state index is 0.363. The molecule has 0 saturated carbocycles. The maximum Gasteiger partial charge on any atom is 0.312 e. The third-order valence-corrected chi connectivity index (χ3v) is 4.42. The van der Waals surface area contributed by atoms with E-state index in [1.165, 1.54) is 0 Å². The summed E-state index contributed by atoms with van der Waals surface area (Å²) in [6.45, 7) is 6.64. The van der Waals surface area contributed by atoms with Crippen molar-refractivity contribution in [3.8, 4) is 22.4 Å². The first-order chi connectivity index (χ1) is 12.5. The number of aromatic nitrogens is 2. The molecule has 0 aliphatic rings. The molecule has 1 aromatic heterocycles. The van der Waals surface area contributed by atoms with E-state index in [-0.39, 0.29) is 0 Å². The Morgan fingerprint density at radius 3 is 2.00 bits per heavy atom. The quantitative estimate of drug-likeness (QED) is 0.677. The number of hydrogen-bond acceptors (Lipinski definition) is 2. The van der Waals surface area contributed by atoms with Crippen molar-refractivity contribution >= 4 is 5.97 Å². The second kappa shape index (κ2) is 7.56. The molecule has 3 aromatic rings. The van der Waals surface area contributed by atoms with E-state index in [0.29, 0.717) is 12.5 Å². The lowest BCUT2D eigenvalue weighted by Crippen LogP contribution is -2.17. The van der Waals surface area contributed by atoms with Crippen molar-refractivity contribution in [2.75, 3.05) is 0 Å². The van der Waals surface area contributed by atoms with Crippen LogP contribution in [0.2, 0.25) is 0 Å². The summed E-state index contributed by atoms with van der Waals surface area (Å²) in [4.78, 5) is 11.8. The predicted octanol–water partition coefficient (Wildman–Crippen LogP) is 5.06. The van der Waals surface area contributed by atoms with Gasteiger partial charge in [-0.3, -0.25) is 9.48 Å². The number of carbonyl (C=O) groups is 1. The van der Waals surface area contributed by atoms with Gasteiger partial charge >= 0.3 is 5.97 Å². The highest BCUT2D eigenvalue weighted by Gasteiger charge is 2.28. The fourth-order valence-corrected chi connectivity index (χ4v) is 3.20. The summed E-state index contributed by atoms with van der Waals surface area (Å²) in [5.41, 5.74) is 4.49. The topological polar surface area (TPSA) is 55.1 Å². The number of hydrogen-bond donors (Lipinski definition) is 1. The van der Waals surface area contributed by atoms with Crippen LogP contribution in [0.5, 0.6) is 0 Å². The van der Waals surface area contributed by atoms with Crippen molar-refractivity contribution in [2.45, 2.75) is 33.2 Å². The third-order valence-electron chi connectivity index (χ3n) is 4.42. The molecule has 0 amide bonds. The fraction of sp³-hybridized carbons (Fsp3) is 0.273. The van der Waals surface area contributed by atoms with E-state index in [9.17, 15) is 9.90 Å². The van der Waals surface area contributed by atoms with Crippen molar-refractivity contribution in [3.63, 3.8) is 0 Å². The van der Waals surface area contributed by atoms with E-state index >= 15 is 0 Å². The van der Waals surface area contributed by atoms with Crippen LogP contribution in [0, 0.1) is 5.92 Å². The molecule has 1 heterocycles. The smallest absolute Gasteiger partial charge is 0.312 e. The molecule has 0 saturated heterocycles. The lowest BCUT2D eigenvalue weighted by molar-refractivity contribution is -0.138. The fourth-order valence-electron chi connectivity index (χ4n) is 3.20. The molecule has 1 N–H and O–H groups in total. The normalized spacial score (nSPS) is 12.3. The van der Waals surface area contributed by atoms with Crippen molar-refractivity contribution in [2.24, 2.45) is 5.92 Å². The van der Waals surface area contributed by atoms with Crippen LogP contribution in [-0.2, 0) is 11.3 Å². The molecule has 26 heavy (non-hydrogen) atoms. The monoisotopic (exact) mass is 348 g/mol. The van der Waals surface area contributed by atoms with Gasteiger partial charge in [-0.2, -0.15) is 5.10 Å². The van der Waals surface area contributed by atoms with Crippen LogP contribution in [0.25, 0.3) is 22.4 Å². The number of aliphatic carboxylic acids is 1. The molecule has 0 aliphatic heterocycles. The van der Waals surface area contributed by atoms with Crippen LogP contribution in [-0.4, -0.2) is 20.9 Å². The van der Waals surface area contributed by atoms with Crippen molar-refractivity contribution in [1.82, 2.24) is 9.78 Å². The van der Waals surface area contributed by atoms with Gasteiger partial charge in [0.1, 0.15) is 5.69 Å². The summed E-state index contributed by atoms with van der Waals surface area (Å²) < 4.78 is 1.88. The van der Waals surface area contributed by atoms with Gasteiger partial charge in [-0.05, 0) is 18.4 Å². The Hall–Kier alpha value is -2.88. The first-order valence-corrected chi connectivity index (χ1v) is 8.93. The van der Waals surface area contributed by atoms with E-state index in [4.69, 9.17) is 5.10 Å². The van der Waals surface area contributed by atoms with Crippen molar-refractivity contribution < 1.29 is 9.90 Å². The van der Waals surface area contributed by atoms with Crippen LogP contribution in [0.1, 0.15) is 32.4 Å². The molecule has 3 rings (SSSR count). The summed E-state index contributed by atoms with van der Waals surface area (Å²) in [7, 11) is 0. The molecule has 0 spiro atoms. The summed E-state index contributed by atoms with van der Waals surface area (Å²) >= 11 is 0. The minimum Gasteiger partial charge on any atom is -0.481 e. The van der Waals surface area contributed by atoms with Gasteiger partial charge in [0, 0.05) is 17.7 Å². The molecule has 4 heteroatoms. The van der Waals surface area contributed by atoms with E-state index in [1.807, 2.05) is 65.3 Å². The third kappa shape index (κ3) is 3.54. The van der Waals surface area contributed by atoms with E-state index in [0.717, 1.165) is 28.1 Å². The Bertz CT molecular complexity index is 883. The predicted molar refractivity (Wildman–Crippen MR) is 104 cm³/mol. The highest BCUT2D eigenvalue weighted by Crippen LogP contribution is 2.38. The maximum absolute atomic E-state index is 11.8. The van der Waals surface area contributed by atoms with Crippen LogP contribution in [0.15, 0.2) is 60.7 Å². The second-order valence-corrected chi connectivity index (χ2v) is 6.98. The first-order valence-electron chi connectivity index (χ1n) is 8.93. The Morgan fingerprint density at radius 1 is 0.962 bits per heavy atom. The molecule has 0 aliphatic carbocycles. The average Bonchev–Trinajstić information content (AvgIpc) is 3.00. The highest BCUT2D eigenvalue weighted by atomic mass is 16.4. The standard InChI is InChI=1S/C22H24N2O2/c1-15(2)14-24-21(16(3)22(25)26)19(17-10-6-4-7-11-17)20(23-24)18-12-8-5-9-13-18/h4-13,15-16H,14H2,1-3H3,(H,25,26). The lowest BCUT2D eigenvalue weighted by atomic mass is 9.93. The number of carboxylic acids is 1. The number of carboxylic acid groups (broad SMARTS) is 1. The molecule has 0 fully saturated rings. The number of benzene rings is 2. The second-order valence-electron chi connectivity index (χ2n) is 6.98. The Labute approximate surface area is 154 Å². The van der Waals surface area contributed by atoms with Gasteiger partial charge < -0.3 is 5.11 Å². The average molecular weight is 348 g/mol. The Balaban J connectivity index is 2.32. The zero-order valence-corrected chi connectivity index (χ0v) is 15.4. The zero-order valence-electron chi connectivity index (χ0n) is 15.4. The summed E-state index contributed by atoms with van der Waals surface area (Å²) in [5, 5.41) is 14.6. The van der Waals surface area contributed by atoms with E-state index in [1.54, 1.807) is 6.92 Å². The van der Waals surface area contributed by atoms with Crippen LogP contribution >= 0.6 is 0 Å². The van der Waals surface area contributed by atoms with Crippen LogP contribution in [0.4, 0.5) is 0 Å². The van der Waals surface area contributed by atoms with Gasteiger partial charge in [0.15, 0.2) is 0 Å². The molecule has 1 unspecified atom stereocenters. The first kappa shape index (κ1) is 17.9. The lowest BCUT2D eigenvalue weighted by Gasteiger charge is -2.15. The molecular formula is C22H24N2O2. The molecule has 134 valence electrons. The Kier molecular flexibility index (Phi) is 5.21. The number of rotatable bonds is 6. The van der Waals surface area contributed by atoms with Gasteiger partial charge in [-0.1, -0.05) is 74.5 Å². The zero-order chi connectivity index (χ0) is 18.7.